The van der Waals surface area contributed by atoms with Crippen molar-refractivity contribution in [2.24, 2.45) is 0 Å². The minimum atomic E-state index is -0.798. The number of hydrogen-bond acceptors (Lipinski definition) is 5. The molecule has 6 heteroatoms. The predicted octanol–water partition coefficient (Wildman–Crippen LogP) is 14.7. The first-order valence-corrected chi connectivity index (χ1v) is 24.9. The number of unbranched alkanes of at least 4 members (excludes halogenated alkanes) is 24. The van der Waals surface area contributed by atoms with Gasteiger partial charge in [-0.1, -0.05) is 198 Å². The molecule has 0 bridgehead atoms. The van der Waals surface area contributed by atoms with E-state index in [1.165, 1.54) is 116 Å². The van der Waals surface area contributed by atoms with Crippen LogP contribution in [0.2, 0.25) is 0 Å². The Kier molecular flexibility index (Phi) is 44.2. The maximum absolute atomic E-state index is 13.2. The second kappa shape index (κ2) is 45.9. The van der Waals surface area contributed by atoms with Gasteiger partial charge in [-0.05, 0) is 83.5 Å². The number of carbonyl (C=O) groups excluding carboxylic acids is 2. The number of nitrogens with one attached hydrogen (secondary N) is 1. The third-order valence-corrected chi connectivity index (χ3v) is 11.1. The van der Waals surface area contributed by atoms with Crippen LogP contribution in [-0.4, -0.2) is 46.9 Å². The van der Waals surface area contributed by atoms with E-state index < -0.39 is 18.2 Å². The molecule has 0 spiro atoms. The standard InChI is InChI=1S/C52H95NO5/c1-4-7-10-13-16-19-22-25-26-27-29-32-35-38-41-44-50(55)49(47-54)53-51(56)46-48(43-40-37-34-31-28-23-20-17-14-11-8-5-2)58-52(57)45-42-39-36-33-30-24-21-18-15-12-9-6-3/h8,11,17-18,20-21,28,31,48-50,54-55H,4-7,9-10,12-16,19,22-27,29-30,32-47H2,1-3H3,(H,53,56)/b11-8+,20-17+,21-18-,31-28+. The summed E-state index contributed by atoms with van der Waals surface area (Å²) < 4.78 is 5.89. The quantitative estimate of drug-likeness (QED) is 0.0323. The molecule has 0 aliphatic carbocycles. The number of allylic oxidation sites excluding steroid dienone is 8. The molecule has 0 radical (unpaired) electrons. The minimum Gasteiger partial charge on any atom is -0.462 e. The van der Waals surface area contributed by atoms with Crippen LogP contribution in [0.3, 0.4) is 0 Å². The summed E-state index contributed by atoms with van der Waals surface area (Å²) in [5, 5.41) is 23.7. The second-order valence-corrected chi connectivity index (χ2v) is 16.8. The first-order chi connectivity index (χ1) is 28.5. The van der Waals surface area contributed by atoms with Gasteiger partial charge in [0.1, 0.15) is 6.10 Å². The number of amides is 1. The molecule has 0 fully saturated rings. The Hall–Kier alpha value is -2.18. The van der Waals surface area contributed by atoms with Crippen molar-refractivity contribution in [3.63, 3.8) is 0 Å². The van der Waals surface area contributed by atoms with Gasteiger partial charge in [-0.2, -0.15) is 0 Å². The topological polar surface area (TPSA) is 95.9 Å². The van der Waals surface area contributed by atoms with Crippen LogP contribution in [0.15, 0.2) is 48.6 Å². The highest BCUT2D eigenvalue weighted by molar-refractivity contribution is 5.77. The molecule has 0 saturated carbocycles. The van der Waals surface area contributed by atoms with Crippen LogP contribution in [0.1, 0.15) is 245 Å². The van der Waals surface area contributed by atoms with Gasteiger partial charge in [0.15, 0.2) is 0 Å². The summed E-state index contributed by atoms with van der Waals surface area (Å²) in [5.41, 5.74) is 0. The molecule has 0 saturated heterocycles. The molecule has 0 aromatic heterocycles. The van der Waals surface area contributed by atoms with E-state index in [0.29, 0.717) is 19.3 Å². The third kappa shape index (κ3) is 40.6. The largest absolute Gasteiger partial charge is 0.462 e. The molecule has 0 aliphatic rings. The van der Waals surface area contributed by atoms with Crippen molar-refractivity contribution < 1.29 is 24.5 Å². The molecule has 0 heterocycles. The van der Waals surface area contributed by atoms with Gasteiger partial charge < -0.3 is 20.3 Å². The van der Waals surface area contributed by atoms with Crippen LogP contribution in [0.4, 0.5) is 0 Å². The lowest BCUT2D eigenvalue weighted by Gasteiger charge is -2.24. The van der Waals surface area contributed by atoms with E-state index in [-0.39, 0.29) is 24.9 Å². The maximum Gasteiger partial charge on any atom is 0.306 e. The number of esters is 1. The fourth-order valence-corrected chi connectivity index (χ4v) is 7.38. The zero-order chi connectivity index (χ0) is 42.4. The van der Waals surface area contributed by atoms with Gasteiger partial charge in [-0.15, -0.1) is 0 Å². The van der Waals surface area contributed by atoms with Gasteiger partial charge >= 0.3 is 5.97 Å². The molecule has 0 aromatic rings. The Bertz CT molecular complexity index is 1000. The summed E-state index contributed by atoms with van der Waals surface area (Å²) in [6, 6.07) is -0.714. The number of aliphatic hydroxyl groups is 2. The zero-order valence-electron chi connectivity index (χ0n) is 38.4. The van der Waals surface area contributed by atoms with Gasteiger partial charge in [-0.3, -0.25) is 9.59 Å². The fraction of sp³-hybridized carbons (Fsp3) is 0.808. The van der Waals surface area contributed by atoms with Gasteiger partial charge in [0.25, 0.3) is 0 Å². The van der Waals surface area contributed by atoms with E-state index in [4.69, 9.17) is 4.74 Å². The van der Waals surface area contributed by atoms with Crippen molar-refractivity contribution >= 4 is 11.9 Å². The molecule has 3 atom stereocenters. The molecule has 58 heavy (non-hydrogen) atoms. The average molecular weight is 814 g/mol. The Morgan fingerprint density at radius 2 is 0.931 bits per heavy atom. The highest BCUT2D eigenvalue weighted by Gasteiger charge is 2.24. The highest BCUT2D eigenvalue weighted by atomic mass is 16.5. The summed E-state index contributed by atoms with van der Waals surface area (Å²) in [4.78, 5) is 26.0. The zero-order valence-corrected chi connectivity index (χ0v) is 38.4. The molecule has 0 aromatic carbocycles. The first-order valence-electron chi connectivity index (χ1n) is 24.9. The average Bonchev–Trinajstić information content (AvgIpc) is 3.22. The van der Waals surface area contributed by atoms with Crippen molar-refractivity contribution in [2.75, 3.05) is 6.61 Å². The summed E-state index contributed by atoms with van der Waals surface area (Å²) in [6.07, 6.45) is 54.6. The van der Waals surface area contributed by atoms with Crippen molar-refractivity contribution in [3.8, 4) is 0 Å². The molecule has 3 unspecified atom stereocenters. The lowest BCUT2D eigenvalue weighted by molar-refractivity contribution is -0.151. The maximum atomic E-state index is 13.2. The Labute approximate surface area is 359 Å². The van der Waals surface area contributed by atoms with Crippen LogP contribution in [-0.2, 0) is 14.3 Å². The Morgan fingerprint density at radius 1 is 0.517 bits per heavy atom. The molecule has 1 amide bonds. The number of carbonyl (C=O) groups is 2. The van der Waals surface area contributed by atoms with Crippen molar-refractivity contribution in [1.29, 1.82) is 0 Å². The van der Waals surface area contributed by atoms with E-state index in [2.05, 4.69) is 74.7 Å². The van der Waals surface area contributed by atoms with E-state index in [1.807, 2.05) is 0 Å². The minimum absolute atomic E-state index is 0.0486. The lowest BCUT2D eigenvalue weighted by atomic mass is 10.0. The van der Waals surface area contributed by atoms with Gasteiger partial charge in [-0.25, -0.2) is 0 Å². The SMILES string of the molecule is CC/C=C/C/C=C/C/C=C/CCCCC(CC(=O)NC(CO)C(O)CCCCCCCCCCCCCCCCC)OC(=O)CCCCCCC/C=C\CCCCC. The normalized spacial score (nSPS) is 13.7. The Balaban J connectivity index is 4.58. The van der Waals surface area contributed by atoms with Crippen LogP contribution in [0, 0.1) is 0 Å². The number of rotatable bonds is 44. The van der Waals surface area contributed by atoms with Gasteiger partial charge in [0.05, 0.1) is 25.2 Å². The molecular weight excluding hydrogens is 719 g/mol. The van der Waals surface area contributed by atoms with Crippen LogP contribution in [0.5, 0.6) is 0 Å². The van der Waals surface area contributed by atoms with Gasteiger partial charge in [0, 0.05) is 6.42 Å². The molecule has 338 valence electrons. The monoisotopic (exact) mass is 814 g/mol. The predicted molar refractivity (Wildman–Crippen MR) is 250 cm³/mol. The van der Waals surface area contributed by atoms with E-state index in [0.717, 1.165) is 83.5 Å². The summed E-state index contributed by atoms with van der Waals surface area (Å²) in [5.74, 6) is -0.521. The molecule has 6 nitrogen and oxygen atoms in total. The van der Waals surface area contributed by atoms with E-state index in [1.54, 1.807) is 0 Å². The number of aliphatic hydroxyl groups excluding tert-OH is 2. The smallest absolute Gasteiger partial charge is 0.306 e. The van der Waals surface area contributed by atoms with E-state index in [9.17, 15) is 19.8 Å². The van der Waals surface area contributed by atoms with Crippen molar-refractivity contribution in [3.05, 3.63) is 48.6 Å². The number of ether oxygens (including phenoxy) is 1. The molecular formula is C52H95NO5. The molecule has 0 rings (SSSR count). The summed E-state index contributed by atoms with van der Waals surface area (Å²) in [7, 11) is 0. The summed E-state index contributed by atoms with van der Waals surface area (Å²) in [6.45, 7) is 6.33. The van der Waals surface area contributed by atoms with Crippen molar-refractivity contribution in [2.45, 2.75) is 264 Å². The number of hydrogen-bond donors (Lipinski definition) is 3. The van der Waals surface area contributed by atoms with Crippen LogP contribution < -0.4 is 5.32 Å². The van der Waals surface area contributed by atoms with Crippen molar-refractivity contribution in [1.82, 2.24) is 5.32 Å². The Morgan fingerprint density at radius 3 is 1.48 bits per heavy atom. The molecule has 3 N–H and O–H groups in total. The third-order valence-electron chi connectivity index (χ3n) is 11.1. The van der Waals surface area contributed by atoms with Crippen LogP contribution >= 0.6 is 0 Å². The second-order valence-electron chi connectivity index (χ2n) is 16.8. The highest BCUT2D eigenvalue weighted by Crippen LogP contribution is 2.17. The van der Waals surface area contributed by atoms with E-state index >= 15 is 0 Å². The molecule has 0 aliphatic heterocycles. The summed E-state index contributed by atoms with van der Waals surface area (Å²) >= 11 is 0. The fourth-order valence-electron chi connectivity index (χ4n) is 7.38. The van der Waals surface area contributed by atoms with Gasteiger partial charge in [0.2, 0.25) is 5.91 Å². The lowest BCUT2D eigenvalue weighted by Crippen LogP contribution is -2.46. The first kappa shape index (κ1) is 55.8. The van der Waals surface area contributed by atoms with Crippen LogP contribution in [0.25, 0.3) is 0 Å².